The maximum absolute atomic E-state index is 12.3. The smallest absolute Gasteiger partial charge is 0.232 e. The van der Waals surface area contributed by atoms with Gasteiger partial charge < -0.3 is 10.0 Å². The molecule has 100 valence electrons. The third-order valence-electron chi connectivity index (χ3n) is 3.40. The van der Waals surface area contributed by atoms with Crippen LogP contribution in [0.3, 0.4) is 0 Å². The van der Waals surface area contributed by atoms with Gasteiger partial charge in [0.05, 0.1) is 12.0 Å². The summed E-state index contributed by atoms with van der Waals surface area (Å²) in [6, 6.07) is 8.17. The summed E-state index contributed by atoms with van der Waals surface area (Å²) in [5.74, 6) is 0.0285. The predicted molar refractivity (Wildman–Crippen MR) is 73.6 cm³/mol. The van der Waals surface area contributed by atoms with Crippen molar-refractivity contribution in [3.05, 3.63) is 35.4 Å². The molecule has 0 bridgehead atoms. The molecular formula is C15H23NO2. The Morgan fingerprint density at radius 3 is 2.28 bits per heavy atom. The number of hydrogen-bond donors (Lipinski definition) is 1. The number of benzene rings is 1. The van der Waals surface area contributed by atoms with Gasteiger partial charge in [-0.15, -0.1) is 0 Å². The number of rotatable bonds is 5. The molecule has 0 fully saturated rings. The Bertz CT molecular complexity index is 395. The van der Waals surface area contributed by atoms with Crippen LogP contribution in [0.2, 0.25) is 0 Å². The topological polar surface area (TPSA) is 40.5 Å². The number of aliphatic hydroxyl groups excluding tert-OH is 1. The maximum Gasteiger partial charge on any atom is 0.232 e. The number of hydrogen-bond acceptors (Lipinski definition) is 2. The molecule has 1 aromatic rings. The summed E-state index contributed by atoms with van der Waals surface area (Å²) >= 11 is 0. The average molecular weight is 249 g/mol. The predicted octanol–water partition coefficient (Wildman–Crippen LogP) is 1.98. The quantitative estimate of drug-likeness (QED) is 0.867. The molecule has 1 rings (SSSR count). The summed E-state index contributed by atoms with van der Waals surface area (Å²) in [5, 5.41) is 8.90. The van der Waals surface area contributed by atoms with Crippen LogP contribution in [0.4, 0.5) is 0 Å². The Morgan fingerprint density at radius 1 is 1.28 bits per heavy atom. The maximum atomic E-state index is 12.3. The van der Waals surface area contributed by atoms with Crippen LogP contribution in [-0.2, 0) is 16.6 Å². The molecule has 0 spiro atoms. The number of amides is 1. The molecule has 0 aliphatic carbocycles. The van der Waals surface area contributed by atoms with E-state index in [2.05, 4.69) is 19.1 Å². The van der Waals surface area contributed by atoms with Gasteiger partial charge >= 0.3 is 0 Å². The minimum Gasteiger partial charge on any atom is -0.395 e. The van der Waals surface area contributed by atoms with Crippen LogP contribution >= 0.6 is 0 Å². The molecule has 1 N–H and O–H groups in total. The molecule has 0 saturated heterocycles. The van der Waals surface area contributed by atoms with Crippen molar-refractivity contribution in [2.24, 2.45) is 0 Å². The van der Waals surface area contributed by atoms with Crippen LogP contribution in [0.5, 0.6) is 0 Å². The third-order valence-corrected chi connectivity index (χ3v) is 3.40. The highest BCUT2D eigenvalue weighted by Crippen LogP contribution is 2.25. The third kappa shape index (κ3) is 3.10. The highest BCUT2D eigenvalue weighted by atomic mass is 16.3. The van der Waals surface area contributed by atoms with Crippen LogP contribution < -0.4 is 0 Å². The first kappa shape index (κ1) is 14.7. The molecule has 0 aromatic heterocycles. The Morgan fingerprint density at radius 2 is 1.83 bits per heavy atom. The van der Waals surface area contributed by atoms with Crippen LogP contribution in [0, 0.1) is 0 Å². The van der Waals surface area contributed by atoms with Crippen LogP contribution in [0.25, 0.3) is 0 Å². The molecule has 0 unspecified atom stereocenters. The summed E-state index contributed by atoms with van der Waals surface area (Å²) in [4.78, 5) is 13.9. The van der Waals surface area contributed by atoms with Gasteiger partial charge in [0.1, 0.15) is 0 Å². The minimum atomic E-state index is -0.559. The monoisotopic (exact) mass is 249 g/mol. The Hall–Kier alpha value is -1.35. The Balaban J connectivity index is 2.93. The number of carbonyl (C=O) groups is 1. The van der Waals surface area contributed by atoms with Crippen molar-refractivity contribution in [3.8, 4) is 0 Å². The van der Waals surface area contributed by atoms with Gasteiger partial charge in [0.25, 0.3) is 0 Å². The largest absolute Gasteiger partial charge is 0.395 e. The van der Waals surface area contributed by atoms with E-state index in [9.17, 15) is 4.79 Å². The van der Waals surface area contributed by atoms with Crippen LogP contribution in [0.1, 0.15) is 31.9 Å². The lowest BCUT2D eigenvalue weighted by atomic mass is 9.83. The fraction of sp³-hybridized carbons (Fsp3) is 0.533. The lowest BCUT2D eigenvalue weighted by Crippen LogP contribution is -2.42. The molecule has 0 heterocycles. The summed E-state index contributed by atoms with van der Waals surface area (Å²) in [5.41, 5.74) is 1.72. The summed E-state index contributed by atoms with van der Waals surface area (Å²) < 4.78 is 0. The van der Waals surface area contributed by atoms with E-state index in [1.54, 1.807) is 11.9 Å². The lowest BCUT2D eigenvalue weighted by Gasteiger charge is -2.29. The van der Waals surface area contributed by atoms with Gasteiger partial charge in [-0.25, -0.2) is 0 Å². The Kier molecular flexibility index (Phi) is 4.91. The Labute approximate surface area is 109 Å². The van der Waals surface area contributed by atoms with Gasteiger partial charge in [-0.3, -0.25) is 4.79 Å². The molecule has 0 radical (unpaired) electrons. The summed E-state index contributed by atoms with van der Waals surface area (Å²) in [7, 11) is 1.72. The van der Waals surface area contributed by atoms with Crippen molar-refractivity contribution in [1.29, 1.82) is 0 Å². The van der Waals surface area contributed by atoms with Crippen LogP contribution in [0.15, 0.2) is 24.3 Å². The molecule has 0 saturated carbocycles. The molecule has 3 heteroatoms. The zero-order chi connectivity index (χ0) is 13.8. The van der Waals surface area contributed by atoms with Gasteiger partial charge in [-0.2, -0.15) is 0 Å². The van der Waals surface area contributed by atoms with E-state index in [1.807, 2.05) is 26.0 Å². The van der Waals surface area contributed by atoms with Gasteiger partial charge in [-0.05, 0) is 31.4 Å². The average Bonchev–Trinajstić information content (AvgIpc) is 2.38. The normalized spacial score (nSPS) is 11.4. The van der Waals surface area contributed by atoms with E-state index in [1.165, 1.54) is 5.56 Å². The van der Waals surface area contributed by atoms with Gasteiger partial charge in [0.15, 0.2) is 0 Å². The molecule has 0 aliphatic heterocycles. The number of aliphatic hydroxyl groups is 1. The first-order valence-corrected chi connectivity index (χ1v) is 6.39. The zero-order valence-corrected chi connectivity index (χ0v) is 11.7. The fourth-order valence-corrected chi connectivity index (χ4v) is 2.01. The molecule has 1 amide bonds. The molecule has 0 atom stereocenters. The van der Waals surface area contributed by atoms with Crippen molar-refractivity contribution in [2.45, 2.75) is 32.6 Å². The second-order valence-corrected chi connectivity index (χ2v) is 5.13. The van der Waals surface area contributed by atoms with Crippen molar-refractivity contribution in [3.63, 3.8) is 0 Å². The summed E-state index contributed by atoms with van der Waals surface area (Å²) in [6.07, 6.45) is 0.999. The minimum absolute atomic E-state index is 0.00685. The van der Waals surface area contributed by atoms with E-state index in [4.69, 9.17) is 5.11 Å². The molecule has 1 aromatic carbocycles. The fourth-order valence-electron chi connectivity index (χ4n) is 2.01. The van der Waals surface area contributed by atoms with Gasteiger partial charge in [0, 0.05) is 13.6 Å². The number of aryl methyl sites for hydroxylation is 1. The van der Waals surface area contributed by atoms with Crippen LogP contribution in [-0.4, -0.2) is 36.1 Å². The highest BCUT2D eigenvalue weighted by Gasteiger charge is 2.31. The van der Waals surface area contributed by atoms with Gasteiger partial charge in [-0.1, -0.05) is 31.2 Å². The number of likely N-dealkylation sites (N-methyl/N-ethyl adjacent to an activating group) is 1. The van der Waals surface area contributed by atoms with Crippen molar-refractivity contribution < 1.29 is 9.90 Å². The standard InChI is InChI=1S/C15H23NO2/c1-5-12-6-8-13(9-7-12)15(2,3)14(18)16(4)10-11-17/h6-9,17H,5,10-11H2,1-4H3. The van der Waals surface area contributed by atoms with Crippen molar-refractivity contribution >= 4 is 5.91 Å². The summed E-state index contributed by atoms with van der Waals surface area (Å²) in [6.45, 7) is 6.32. The highest BCUT2D eigenvalue weighted by molar-refractivity contribution is 5.87. The van der Waals surface area contributed by atoms with E-state index >= 15 is 0 Å². The lowest BCUT2D eigenvalue weighted by molar-refractivity contribution is -0.135. The molecule has 18 heavy (non-hydrogen) atoms. The zero-order valence-electron chi connectivity index (χ0n) is 11.7. The molecule has 3 nitrogen and oxygen atoms in total. The first-order valence-electron chi connectivity index (χ1n) is 6.39. The van der Waals surface area contributed by atoms with Crippen molar-refractivity contribution in [2.75, 3.05) is 20.2 Å². The van der Waals surface area contributed by atoms with E-state index < -0.39 is 5.41 Å². The molecule has 0 aliphatic rings. The number of carbonyl (C=O) groups excluding carboxylic acids is 1. The number of nitrogens with zero attached hydrogens (tertiary/aromatic N) is 1. The molecular weight excluding hydrogens is 226 g/mol. The van der Waals surface area contributed by atoms with E-state index in [0.29, 0.717) is 6.54 Å². The second-order valence-electron chi connectivity index (χ2n) is 5.13. The second kappa shape index (κ2) is 6.01. The van der Waals surface area contributed by atoms with Gasteiger partial charge in [0.2, 0.25) is 5.91 Å². The van der Waals surface area contributed by atoms with E-state index in [-0.39, 0.29) is 12.5 Å². The SMILES string of the molecule is CCc1ccc(C(C)(C)C(=O)N(C)CCO)cc1. The first-order chi connectivity index (χ1) is 8.43. The van der Waals surface area contributed by atoms with E-state index in [0.717, 1.165) is 12.0 Å². The van der Waals surface area contributed by atoms with Crippen molar-refractivity contribution in [1.82, 2.24) is 4.90 Å².